The monoisotopic (exact) mass is 579 g/mol. The van der Waals surface area contributed by atoms with E-state index in [1.54, 1.807) is 12.1 Å². The average Bonchev–Trinajstić information content (AvgIpc) is 3.62. The number of nitrogens with zero attached hydrogens (tertiary/aromatic N) is 4. The lowest BCUT2D eigenvalue weighted by atomic mass is 9.77. The van der Waals surface area contributed by atoms with E-state index in [2.05, 4.69) is 27.3 Å². The minimum atomic E-state index is -0.436. The minimum absolute atomic E-state index is 0.0681. The van der Waals surface area contributed by atoms with Crippen molar-refractivity contribution in [2.75, 3.05) is 38.6 Å². The first-order chi connectivity index (χ1) is 20.8. The van der Waals surface area contributed by atoms with Gasteiger partial charge >= 0.3 is 0 Å². The van der Waals surface area contributed by atoms with Gasteiger partial charge in [0.2, 0.25) is 5.88 Å². The number of rotatable bonds is 8. The predicted molar refractivity (Wildman–Crippen MR) is 168 cm³/mol. The maximum Gasteiger partial charge on any atom is 0.219 e. The average molecular weight is 580 g/mol. The number of benzene rings is 3. The summed E-state index contributed by atoms with van der Waals surface area (Å²) >= 11 is 0. The molecular formula is C35H38FN5O2. The molecule has 1 aromatic heterocycles. The first-order valence-corrected chi connectivity index (χ1v) is 15.4. The molecule has 0 amide bonds. The molecule has 3 unspecified atom stereocenters. The lowest BCUT2D eigenvalue weighted by Gasteiger charge is -2.47. The molecule has 7 nitrogen and oxygen atoms in total. The minimum Gasteiger partial charge on any atom is -0.508 e. The number of aromatic nitrogens is 1. The highest BCUT2D eigenvalue weighted by Gasteiger charge is 2.51. The molecule has 4 heterocycles. The largest absolute Gasteiger partial charge is 0.508 e. The van der Waals surface area contributed by atoms with Gasteiger partial charge in [-0.15, -0.1) is 0 Å². The predicted octanol–water partition coefficient (Wildman–Crippen LogP) is 5.80. The van der Waals surface area contributed by atoms with Crippen LogP contribution in [0.2, 0.25) is 0 Å². The Morgan fingerprint density at radius 1 is 1.23 bits per heavy atom. The Hall–Kier alpha value is -3.93. The van der Waals surface area contributed by atoms with Crippen LogP contribution in [-0.4, -0.2) is 66.9 Å². The number of ether oxygens (including phenoxy) is 1. The zero-order valence-electron chi connectivity index (χ0n) is 25.0. The van der Waals surface area contributed by atoms with Gasteiger partial charge in [0.25, 0.3) is 0 Å². The molecule has 4 aromatic rings. The molecule has 4 aliphatic rings. The van der Waals surface area contributed by atoms with Crippen molar-refractivity contribution >= 4 is 27.4 Å². The van der Waals surface area contributed by atoms with E-state index in [1.807, 2.05) is 45.3 Å². The molecule has 1 aliphatic carbocycles. The van der Waals surface area contributed by atoms with E-state index in [0.29, 0.717) is 48.0 Å². The highest BCUT2D eigenvalue weighted by atomic mass is 19.1. The number of hydrogen-bond donors (Lipinski definition) is 2. The van der Waals surface area contributed by atoms with E-state index >= 15 is 4.39 Å². The second-order valence-corrected chi connectivity index (χ2v) is 12.7. The molecule has 8 heteroatoms. The van der Waals surface area contributed by atoms with Crippen LogP contribution >= 0.6 is 0 Å². The Morgan fingerprint density at radius 2 is 2.07 bits per heavy atom. The molecule has 3 aromatic carbocycles. The fourth-order valence-electron chi connectivity index (χ4n) is 7.74. The number of hydrogen-bond acceptors (Lipinski definition) is 7. The molecule has 3 aliphatic heterocycles. The number of aryl methyl sites for hydroxylation is 1. The standard InChI is InChI=1S/C35H38FN5O2/c1-20(19-40(2)3)43-35-26-11-7-13-41(33-23-16-29(33)38-18-23)34(26)28-15-22(9-6-12-37)30(31(36)32(28)39-35)27-17-24(42)14-21-8-4-5-10-25(21)27/h4-5,8,10,14-15,17,20,23,29,33,38,42H,6-7,9,11,13,16,18-19H2,1-3H3/t20-,23?,29?,33?/m0/s1. The van der Waals surface area contributed by atoms with Crippen molar-refractivity contribution in [3.05, 3.63) is 59.4 Å². The number of halogens is 1. The van der Waals surface area contributed by atoms with Crippen LogP contribution < -0.4 is 15.0 Å². The van der Waals surface area contributed by atoms with Gasteiger partial charge in [-0.05, 0) is 92.7 Å². The smallest absolute Gasteiger partial charge is 0.219 e. The van der Waals surface area contributed by atoms with Crippen molar-refractivity contribution in [3.8, 4) is 28.8 Å². The van der Waals surface area contributed by atoms with Gasteiger partial charge in [0.15, 0.2) is 5.82 Å². The fraction of sp³-hybridized carbons (Fsp3) is 0.429. The Kier molecular flexibility index (Phi) is 7.11. The van der Waals surface area contributed by atoms with Gasteiger partial charge in [0.1, 0.15) is 17.4 Å². The molecule has 0 radical (unpaired) electrons. The van der Waals surface area contributed by atoms with Crippen molar-refractivity contribution < 1.29 is 14.2 Å². The summed E-state index contributed by atoms with van der Waals surface area (Å²) in [4.78, 5) is 9.53. The van der Waals surface area contributed by atoms with E-state index in [1.165, 1.54) is 6.42 Å². The van der Waals surface area contributed by atoms with Crippen molar-refractivity contribution in [3.63, 3.8) is 0 Å². The maximum atomic E-state index is 17.3. The van der Waals surface area contributed by atoms with Gasteiger partial charge in [-0.1, -0.05) is 24.3 Å². The highest BCUT2D eigenvalue weighted by molar-refractivity contribution is 6.04. The molecule has 2 bridgehead atoms. The normalized spacial score (nSPS) is 21.6. The van der Waals surface area contributed by atoms with Gasteiger partial charge in [0.05, 0.1) is 11.8 Å². The summed E-state index contributed by atoms with van der Waals surface area (Å²) < 4.78 is 23.8. The van der Waals surface area contributed by atoms with Gasteiger partial charge < -0.3 is 25.0 Å². The fourth-order valence-corrected chi connectivity index (χ4v) is 7.74. The third-order valence-electron chi connectivity index (χ3n) is 9.46. The number of likely N-dealkylation sites (N-methyl/N-ethyl adjacent to an activating group) is 1. The van der Waals surface area contributed by atoms with Gasteiger partial charge in [-0.3, -0.25) is 0 Å². The number of phenolic OH excluding ortho intramolecular Hbond substituents is 1. The first-order valence-electron chi connectivity index (χ1n) is 15.4. The number of anilines is 1. The third-order valence-corrected chi connectivity index (χ3v) is 9.46. The van der Waals surface area contributed by atoms with Crippen molar-refractivity contribution in [2.45, 2.75) is 57.2 Å². The number of nitriles is 1. The van der Waals surface area contributed by atoms with Crippen LogP contribution in [0.4, 0.5) is 10.1 Å². The van der Waals surface area contributed by atoms with E-state index < -0.39 is 5.82 Å². The van der Waals surface area contributed by atoms with E-state index in [4.69, 9.17) is 9.72 Å². The molecule has 4 atom stereocenters. The number of fused-ring (bicyclic) bond motifs is 5. The first kappa shape index (κ1) is 27.9. The summed E-state index contributed by atoms with van der Waals surface area (Å²) in [6.45, 7) is 4.67. The van der Waals surface area contributed by atoms with Crippen LogP contribution in [0.5, 0.6) is 11.6 Å². The summed E-state index contributed by atoms with van der Waals surface area (Å²) in [6.07, 6.45) is 3.51. The van der Waals surface area contributed by atoms with Crippen LogP contribution in [0.25, 0.3) is 32.8 Å². The quantitative estimate of drug-likeness (QED) is 0.273. The number of nitrogens with one attached hydrogen (secondary N) is 1. The zero-order chi connectivity index (χ0) is 29.8. The lowest BCUT2D eigenvalue weighted by molar-refractivity contribution is 0.169. The SMILES string of the molecule is C[C@@H](CN(C)C)Oc1nc2c(F)c(-c3cc(O)cc4ccccc34)c(CCC#N)cc2c2c1CCCN2C1C2CNC1C2. The van der Waals surface area contributed by atoms with Crippen LogP contribution in [-0.2, 0) is 12.8 Å². The Morgan fingerprint density at radius 3 is 2.81 bits per heavy atom. The van der Waals surface area contributed by atoms with Crippen LogP contribution in [0.3, 0.4) is 0 Å². The van der Waals surface area contributed by atoms with Gasteiger partial charge in [-0.25, -0.2) is 9.37 Å². The summed E-state index contributed by atoms with van der Waals surface area (Å²) in [5, 5.41) is 26.3. The van der Waals surface area contributed by atoms with Crippen molar-refractivity contribution in [1.29, 1.82) is 5.26 Å². The lowest BCUT2D eigenvalue weighted by Crippen LogP contribution is -2.56. The Labute approximate surface area is 251 Å². The second-order valence-electron chi connectivity index (χ2n) is 12.7. The van der Waals surface area contributed by atoms with Crippen molar-refractivity contribution in [1.82, 2.24) is 15.2 Å². The van der Waals surface area contributed by atoms with Gasteiger partial charge in [-0.2, -0.15) is 5.26 Å². The number of pyridine rings is 1. The topological polar surface area (TPSA) is 84.6 Å². The van der Waals surface area contributed by atoms with Crippen LogP contribution in [0.1, 0.15) is 37.3 Å². The van der Waals surface area contributed by atoms with E-state index in [-0.39, 0.29) is 23.8 Å². The second kappa shape index (κ2) is 11.0. The van der Waals surface area contributed by atoms with Crippen molar-refractivity contribution in [2.24, 2.45) is 5.92 Å². The maximum absolute atomic E-state index is 17.3. The van der Waals surface area contributed by atoms with Gasteiger partial charge in [0, 0.05) is 54.7 Å². The molecule has 43 heavy (non-hydrogen) atoms. The highest BCUT2D eigenvalue weighted by Crippen LogP contribution is 2.49. The Balaban J connectivity index is 1.50. The molecule has 2 N–H and O–H groups in total. The van der Waals surface area contributed by atoms with Crippen LogP contribution in [0, 0.1) is 23.1 Å². The van der Waals surface area contributed by atoms with E-state index in [9.17, 15) is 10.4 Å². The molecule has 0 spiro atoms. The molecular weight excluding hydrogens is 541 g/mol. The molecule has 1 saturated carbocycles. The summed E-state index contributed by atoms with van der Waals surface area (Å²) in [5.41, 5.74) is 4.11. The summed E-state index contributed by atoms with van der Waals surface area (Å²) in [7, 11) is 4.02. The molecule has 2 saturated heterocycles. The zero-order valence-corrected chi connectivity index (χ0v) is 25.0. The van der Waals surface area contributed by atoms with E-state index in [0.717, 1.165) is 58.9 Å². The molecule has 222 valence electrons. The third kappa shape index (κ3) is 4.75. The summed E-state index contributed by atoms with van der Waals surface area (Å²) in [5.74, 6) is 0.724. The molecule has 3 fully saturated rings. The molecule has 8 rings (SSSR count). The number of phenols is 1. The van der Waals surface area contributed by atoms with Crippen LogP contribution in [0.15, 0.2) is 42.5 Å². The Bertz CT molecular complexity index is 1750. The number of aromatic hydroxyl groups is 1. The summed E-state index contributed by atoms with van der Waals surface area (Å²) in [6, 6.07) is 16.1.